The molecule has 2 fully saturated rings. The minimum Gasteiger partial charge on any atom is -0.452 e. The molecule has 3 amide bonds. The molecule has 3 aromatic rings. The van der Waals surface area contributed by atoms with Crippen LogP contribution in [0.15, 0.2) is 72.8 Å². The van der Waals surface area contributed by atoms with E-state index in [1.54, 1.807) is 24.3 Å². The van der Waals surface area contributed by atoms with E-state index in [2.05, 4.69) is 17.4 Å². The largest absolute Gasteiger partial charge is 0.452 e. The molecule has 3 atom stereocenters. The average molecular weight is 551 g/mol. The Morgan fingerprint density at radius 1 is 0.895 bits per heavy atom. The summed E-state index contributed by atoms with van der Waals surface area (Å²) in [4.78, 5) is 52.3. The van der Waals surface area contributed by atoms with E-state index >= 15 is 0 Å². The van der Waals surface area contributed by atoms with Gasteiger partial charge in [-0.2, -0.15) is 0 Å². The molecule has 1 aliphatic carbocycles. The number of amides is 3. The van der Waals surface area contributed by atoms with Crippen LogP contribution in [0.5, 0.6) is 0 Å². The molecule has 0 radical (unpaired) electrons. The van der Waals surface area contributed by atoms with Crippen LogP contribution in [-0.4, -0.2) is 30.3 Å². The number of hydrogen-bond acceptors (Lipinski definition) is 5. The topological polar surface area (TPSA) is 92.8 Å². The highest BCUT2D eigenvalue weighted by Crippen LogP contribution is 2.45. The van der Waals surface area contributed by atoms with E-state index in [0.29, 0.717) is 34.3 Å². The van der Waals surface area contributed by atoms with Crippen molar-refractivity contribution in [3.05, 3.63) is 94.0 Å². The lowest BCUT2D eigenvalue weighted by Crippen LogP contribution is -2.30. The minimum absolute atomic E-state index is 0.183. The highest BCUT2D eigenvalue weighted by Gasteiger charge is 2.50. The van der Waals surface area contributed by atoms with Crippen LogP contribution >= 0.6 is 23.2 Å². The first-order chi connectivity index (χ1) is 18.3. The third-order valence-electron chi connectivity index (χ3n) is 7.09. The second-order valence-corrected chi connectivity index (χ2v) is 10.3. The van der Waals surface area contributed by atoms with E-state index < -0.39 is 18.5 Å². The fraction of sp³-hybridized carbons (Fsp3) is 0.241. The van der Waals surface area contributed by atoms with E-state index in [9.17, 15) is 19.2 Å². The Morgan fingerprint density at radius 2 is 1.61 bits per heavy atom. The number of carbonyl (C=O) groups excluding carboxylic acids is 4. The van der Waals surface area contributed by atoms with Gasteiger partial charge in [0.15, 0.2) is 6.61 Å². The van der Waals surface area contributed by atoms with Gasteiger partial charge in [-0.15, -0.1) is 0 Å². The van der Waals surface area contributed by atoms with Crippen molar-refractivity contribution in [1.82, 2.24) is 0 Å². The predicted octanol–water partition coefficient (Wildman–Crippen LogP) is 5.86. The molecule has 1 N–H and O–H groups in total. The first-order valence-corrected chi connectivity index (χ1v) is 13.0. The Morgan fingerprint density at radius 3 is 2.34 bits per heavy atom. The summed E-state index contributed by atoms with van der Waals surface area (Å²) in [6, 6.07) is 20.7. The number of benzene rings is 3. The summed E-state index contributed by atoms with van der Waals surface area (Å²) in [5, 5.41) is 3.23. The maximum absolute atomic E-state index is 13.3. The lowest BCUT2D eigenvalue weighted by molar-refractivity contribution is -0.122. The van der Waals surface area contributed by atoms with Crippen LogP contribution in [0.1, 0.15) is 41.1 Å². The third kappa shape index (κ3) is 5.30. The fourth-order valence-corrected chi connectivity index (χ4v) is 5.54. The quantitative estimate of drug-likeness (QED) is 0.306. The van der Waals surface area contributed by atoms with Crippen LogP contribution in [0.3, 0.4) is 0 Å². The van der Waals surface area contributed by atoms with E-state index in [0.717, 1.165) is 6.42 Å². The summed E-state index contributed by atoms with van der Waals surface area (Å²) in [6.45, 7) is -0.529. The maximum Gasteiger partial charge on any atom is 0.338 e. The fourth-order valence-electron chi connectivity index (χ4n) is 5.20. The number of esters is 1. The van der Waals surface area contributed by atoms with Crippen LogP contribution in [0.2, 0.25) is 10.0 Å². The van der Waals surface area contributed by atoms with Crippen molar-refractivity contribution >= 4 is 58.3 Å². The van der Waals surface area contributed by atoms with Gasteiger partial charge >= 0.3 is 5.97 Å². The molecule has 38 heavy (non-hydrogen) atoms. The summed E-state index contributed by atoms with van der Waals surface area (Å²) >= 11 is 11.9. The Bertz CT molecular complexity index is 1390. The van der Waals surface area contributed by atoms with Gasteiger partial charge in [0.1, 0.15) is 0 Å². The van der Waals surface area contributed by atoms with Crippen molar-refractivity contribution in [2.24, 2.45) is 11.8 Å². The van der Waals surface area contributed by atoms with Gasteiger partial charge in [0.25, 0.3) is 5.91 Å². The normalized spacial score (nSPS) is 20.7. The number of imide groups is 1. The maximum atomic E-state index is 13.3. The van der Waals surface area contributed by atoms with Crippen LogP contribution in [-0.2, 0) is 19.1 Å². The monoisotopic (exact) mass is 550 g/mol. The highest BCUT2D eigenvalue weighted by molar-refractivity contribution is 6.35. The number of rotatable bonds is 6. The summed E-state index contributed by atoms with van der Waals surface area (Å²) in [6.07, 6.45) is 2.17. The first kappa shape index (κ1) is 25.9. The van der Waals surface area contributed by atoms with Gasteiger partial charge in [-0.05, 0) is 73.2 Å². The van der Waals surface area contributed by atoms with E-state index in [1.165, 1.54) is 28.7 Å². The lowest BCUT2D eigenvalue weighted by Gasteiger charge is -2.28. The molecule has 194 valence electrons. The van der Waals surface area contributed by atoms with Crippen LogP contribution in [0, 0.1) is 11.8 Å². The molecular weight excluding hydrogens is 527 g/mol. The molecular formula is C29H24Cl2N2O5. The molecule has 2 aliphatic rings. The third-order valence-corrected chi connectivity index (χ3v) is 7.66. The summed E-state index contributed by atoms with van der Waals surface area (Å²) < 4.78 is 5.10. The number of fused-ring (bicyclic) bond motifs is 1. The molecule has 1 saturated heterocycles. The average Bonchev–Trinajstić information content (AvgIpc) is 3.19. The van der Waals surface area contributed by atoms with Crippen molar-refractivity contribution in [2.75, 3.05) is 16.8 Å². The molecule has 3 aromatic carbocycles. The van der Waals surface area contributed by atoms with Crippen molar-refractivity contribution in [3.63, 3.8) is 0 Å². The highest BCUT2D eigenvalue weighted by atomic mass is 35.5. The zero-order valence-corrected chi connectivity index (χ0v) is 21.7. The molecule has 9 heteroatoms. The molecule has 0 bridgehead atoms. The van der Waals surface area contributed by atoms with Crippen molar-refractivity contribution in [3.8, 4) is 0 Å². The Kier molecular flexibility index (Phi) is 7.49. The molecule has 1 aliphatic heterocycles. The number of nitrogens with one attached hydrogen (secondary N) is 1. The summed E-state index contributed by atoms with van der Waals surface area (Å²) in [5.74, 6) is -2.12. The van der Waals surface area contributed by atoms with Gasteiger partial charge < -0.3 is 10.1 Å². The van der Waals surface area contributed by atoms with Crippen LogP contribution < -0.4 is 10.2 Å². The SMILES string of the molecule is O=C(COC(=O)c1ccc(N2C(=O)[C@H]3C[C@H](c4ccccc4)CC[C@H]3C2=O)cc1)Nc1cc(Cl)ccc1Cl. The van der Waals surface area contributed by atoms with Gasteiger partial charge in [0, 0.05) is 5.02 Å². The molecule has 0 spiro atoms. The van der Waals surface area contributed by atoms with Gasteiger partial charge in [-0.25, -0.2) is 4.79 Å². The number of nitrogens with zero attached hydrogens (tertiary/aromatic N) is 1. The minimum atomic E-state index is -0.720. The molecule has 1 heterocycles. The van der Waals surface area contributed by atoms with Gasteiger partial charge in [0.2, 0.25) is 11.8 Å². The first-order valence-electron chi connectivity index (χ1n) is 12.3. The molecule has 0 unspecified atom stereocenters. The summed E-state index contributed by atoms with van der Waals surface area (Å²) in [5.41, 5.74) is 2.09. The van der Waals surface area contributed by atoms with Gasteiger partial charge in [0.05, 0.1) is 33.8 Å². The summed E-state index contributed by atoms with van der Waals surface area (Å²) in [7, 11) is 0. The van der Waals surface area contributed by atoms with E-state index in [1.807, 2.05) is 18.2 Å². The second kappa shape index (κ2) is 11.0. The van der Waals surface area contributed by atoms with E-state index in [-0.39, 0.29) is 35.1 Å². The van der Waals surface area contributed by atoms with Crippen molar-refractivity contribution < 1.29 is 23.9 Å². The Balaban J connectivity index is 1.20. The zero-order chi connectivity index (χ0) is 26.8. The number of ether oxygens (including phenoxy) is 1. The Labute approximate surface area is 229 Å². The van der Waals surface area contributed by atoms with Crippen molar-refractivity contribution in [2.45, 2.75) is 25.2 Å². The lowest BCUT2D eigenvalue weighted by atomic mass is 9.73. The number of anilines is 2. The molecule has 1 saturated carbocycles. The standard InChI is InChI=1S/C29H24Cl2N2O5/c30-20-9-13-24(31)25(15-20)32-26(34)16-38-29(37)18-6-10-21(11-7-18)33-27(35)22-12-8-19(14-23(22)28(33)36)17-4-2-1-3-5-17/h1-7,9-11,13,15,19,22-23H,8,12,14,16H2,(H,32,34)/t19-,22-,23+/m1/s1. The smallest absolute Gasteiger partial charge is 0.338 e. The van der Waals surface area contributed by atoms with Gasteiger partial charge in [-0.3, -0.25) is 19.3 Å². The Hall–Kier alpha value is -3.68. The number of carbonyl (C=O) groups is 4. The van der Waals surface area contributed by atoms with Crippen molar-refractivity contribution in [1.29, 1.82) is 0 Å². The predicted molar refractivity (Wildman–Crippen MR) is 144 cm³/mol. The number of hydrogen-bond donors (Lipinski definition) is 1. The van der Waals surface area contributed by atoms with E-state index in [4.69, 9.17) is 27.9 Å². The van der Waals surface area contributed by atoms with Gasteiger partial charge in [-0.1, -0.05) is 53.5 Å². The molecule has 5 rings (SSSR count). The van der Waals surface area contributed by atoms with Crippen LogP contribution in [0.25, 0.3) is 0 Å². The molecule has 7 nitrogen and oxygen atoms in total. The second-order valence-electron chi connectivity index (χ2n) is 9.44. The van der Waals surface area contributed by atoms with Crippen LogP contribution in [0.4, 0.5) is 11.4 Å². The number of halogens is 2. The zero-order valence-electron chi connectivity index (χ0n) is 20.2. The molecule has 0 aromatic heterocycles.